The number of carboxylic acids is 1. The Balaban J connectivity index is 2.74. The van der Waals surface area contributed by atoms with E-state index in [1.807, 2.05) is 0 Å². The second-order valence-electron chi connectivity index (χ2n) is 3.85. The Morgan fingerprint density at radius 2 is 2.25 bits per heavy atom. The zero-order chi connectivity index (χ0) is 12.3. The molecule has 4 nitrogen and oxygen atoms in total. The Kier molecular flexibility index (Phi) is 4.15. The molecule has 16 heavy (non-hydrogen) atoms. The summed E-state index contributed by atoms with van der Waals surface area (Å²) in [6, 6.07) is -1.84. The van der Waals surface area contributed by atoms with Gasteiger partial charge in [0.2, 0.25) is 0 Å². The number of aliphatic carboxylic acids is 1. The third-order valence-electron chi connectivity index (χ3n) is 2.51. The summed E-state index contributed by atoms with van der Waals surface area (Å²) in [4.78, 5) is 11.2. The van der Waals surface area contributed by atoms with Crippen molar-refractivity contribution < 1.29 is 27.8 Å². The summed E-state index contributed by atoms with van der Waals surface area (Å²) in [7, 11) is 1.15. The molecule has 1 aliphatic rings. The number of hydrogen-bond donors (Lipinski definition) is 1. The summed E-state index contributed by atoms with van der Waals surface area (Å²) in [6.45, 7) is -0.345. The zero-order valence-corrected chi connectivity index (χ0v) is 8.83. The molecule has 7 heteroatoms. The van der Waals surface area contributed by atoms with Crippen LogP contribution >= 0.6 is 0 Å². The second kappa shape index (κ2) is 5.01. The molecule has 0 aliphatic carbocycles. The minimum Gasteiger partial charge on any atom is -0.480 e. The molecule has 1 saturated heterocycles. The van der Waals surface area contributed by atoms with Gasteiger partial charge in [0.05, 0.1) is 12.6 Å². The van der Waals surface area contributed by atoms with Crippen LogP contribution in [-0.2, 0) is 9.53 Å². The maximum absolute atomic E-state index is 12.8. The van der Waals surface area contributed by atoms with Crippen molar-refractivity contribution in [2.24, 2.45) is 0 Å². The van der Waals surface area contributed by atoms with Gasteiger partial charge in [-0.05, 0) is 19.9 Å². The summed E-state index contributed by atoms with van der Waals surface area (Å²) >= 11 is 0. The number of halogens is 3. The number of carbonyl (C=O) groups is 1. The van der Waals surface area contributed by atoms with Crippen LogP contribution in [0.1, 0.15) is 12.8 Å². The highest BCUT2D eigenvalue weighted by atomic mass is 19.4. The Bertz CT molecular complexity index is 251. The molecule has 0 aromatic heterocycles. The fourth-order valence-electron chi connectivity index (χ4n) is 1.91. The lowest BCUT2D eigenvalue weighted by Gasteiger charge is -2.32. The minimum atomic E-state index is -4.47. The van der Waals surface area contributed by atoms with Gasteiger partial charge in [0.25, 0.3) is 0 Å². The molecule has 0 unspecified atom stereocenters. The smallest absolute Gasteiger partial charge is 0.406 e. The van der Waals surface area contributed by atoms with Crippen LogP contribution < -0.4 is 0 Å². The molecule has 1 N–H and O–H groups in total. The van der Waals surface area contributed by atoms with Crippen LogP contribution in [0.25, 0.3) is 0 Å². The van der Waals surface area contributed by atoms with E-state index in [-0.39, 0.29) is 0 Å². The summed E-state index contributed by atoms with van der Waals surface area (Å²) in [5.41, 5.74) is 0. The van der Waals surface area contributed by atoms with Crippen molar-refractivity contribution in [3.05, 3.63) is 0 Å². The number of rotatable bonds is 4. The lowest BCUT2D eigenvalue weighted by molar-refractivity contribution is -0.206. The van der Waals surface area contributed by atoms with Crippen molar-refractivity contribution in [2.45, 2.75) is 31.2 Å². The van der Waals surface area contributed by atoms with E-state index < -0.39 is 30.8 Å². The van der Waals surface area contributed by atoms with Crippen molar-refractivity contribution in [1.29, 1.82) is 0 Å². The molecule has 2 atom stereocenters. The number of ether oxygens (including phenoxy) is 1. The normalized spacial score (nSPS) is 23.7. The Labute approximate surface area is 91.0 Å². The molecular formula is C9H14F3NO3. The van der Waals surface area contributed by atoms with Crippen molar-refractivity contribution in [3.63, 3.8) is 0 Å². The summed E-state index contributed by atoms with van der Waals surface area (Å²) < 4.78 is 43.3. The van der Waals surface area contributed by atoms with E-state index in [2.05, 4.69) is 0 Å². The van der Waals surface area contributed by atoms with Gasteiger partial charge >= 0.3 is 12.1 Å². The molecule has 0 spiro atoms. The predicted octanol–water partition coefficient (Wildman–Crippen LogP) is 1.11. The molecule has 94 valence electrons. The van der Waals surface area contributed by atoms with Gasteiger partial charge in [-0.3, -0.25) is 9.69 Å². The summed E-state index contributed by atoms with van der Waals surface area (Å²) in [6.07, 6.45) is -4.53. The number of hydrogen-bond acceptors (Lipinski definition) is 3. The lowest BCUT2D eigenvalue weighted by Crippen LogP contribution is -2.52. The van der Waals surface area contributed by atoms with Gasteiger partial charge in [0.15, 0.2) is 0 Å². The molecule has 0 amide bonds. The molecule has 1 aliphatic heterocycles. The molecule has 1 heterocycles. The first-order valence-corrected chi connectivity index (χ1v) is 4.92. The number of likely N-dealkylation sites (N-methyl/N-ethyl adjacent to an activating group) is 1. The van der Waals surface area contributed by atoms with Crippen LogP contribution in [0.3, 0.4) is 0 Å². The van der Waals surface area contributed by atoms with Crippen molar-refractivity contribution in [3.8, 4) is 0 Å². The van der Waals surface area contributed by atoms with Crippen LogP contribution in [0.5, 0.6) is 0 Å². The lowest BCUT2D eigenvalue weighted by atomic mass is 10.1. The van der Waals surface area contributed by atoms with E-state index in [1.54, 1.807) is 0 Å². The first kappa shape index (κ1) is 13.2. The molecule has 0 radical (unpaired) electrons. The van der Waals surface area contributed by atoms with E-state index in [4.69, 9.17) is 9.84 Å². The highest BCUT2D eigenvalue weighted by Crippen LogP contribution is 2.31. The number of nitrogens with zero attached hydrogens (tertiary/aromatic N) is 1. The quantitative estimate of drug-likeness (QED) is 0.801. The standard InChI is InChI=1S/C9H14F3NO3/c1-13(5-7(14)15)8(9(10,11)12)6-3-2-4-16-6/h6,8H,2-5H2,1H3,(H,14,15)/t6-,8-/m0/s1. The molecule has 0 aromatic rings. The highest BCUT2D eigenvalue weighted by molar-refractivity contribution is 5.69. The number of carboxylic acid groups (broad SMARTS) is 1. The van der Waals surface area contributed by atoms with Crippen LogP contribution in [-0.4, -0.2) is 54.5 Å². The van der Waals surface area contributed by atoms with Crippen LogP contribution in [0.2, 0.25) is 0 Å². The van der Waals surface area contributed by atoms with Crippen LogP contribution in [0.15, 0.2) is 0 Å². The molecule has 0 saturated carbocycles. The molecular weight excluding hydrogens is 227 g/mol. The van der Waals surface area contributed by atoms with E-state index in [0.717, 1.165) is 11.9 Å². The predicted molar refractivity (Wildman–Crippen MR) is 49.1 cm³/mol. The summed E-state index contributed by atoms with van der Waals surface area (Å²) in [5, 5.41) is 8.49. The average molecular weight is 241 g/mol. The SMILES string of the molecule is CN(CC(=O)O)[C@@H]([C@@H]1CCCO1)C(F)(F)F. The first-order valence-electron chi connectivity index (χ1n) is 4.92. The number of alkyl halides is 3. The van der Waals surface area contributed by atoms with Gasteiger partial charge in [0.1, 0.15) is 6.04 Å². The molecule has 0 bridgehead atoms. The van der Waals surface area contributed by atoms with Gasteiger partial charge in [0, 0.05) is 6.61 Å². The van der Waals surface area contributed by atoms with Gasteiger partial charge in [-0.25, -0.2) is 0 Å². The molecule has 1 fully saturated rings. The van der Waals surface area contributed by atoms with Crippen LogP contribution in [0, 0.1) is 0 Å². The maximum atomic E-state index is 12.8. The Morgan fingerprint density at radius 3 is 2.62 bits per heavy atom. The molecule has 1 rings (SSSR count). The third kappa shape index (κ3) is 3.34. The van der Waals surface area contributed by atoms with E-state index in [9.17, 15) is 18.0 Å². The van der Waals surface area contributed by atoms with Gasteiger partial charge in [-0.2, -0.15) is 13.2 Å². The largest absolute Gasteiger partial charge is 0.480 e. The van der Waals surface area contributed by atoms with Gasteiger partial charge < -0.3 is 9.84 Å². The van der Waals surface area contributed by atoms with E-state index in [0.29, 0.717) is 19.4 Å². The van der Waals surface area contributed by atoms with Crippen molar-refractivity contribution >= 4 is 5.97 Å². The van der Waals surface area contributed by atoms with Gasteiger partial charge in [-0.1, -0.05) is 0 Å². The molecule has 0 aromatic carbocycles. The third-order valence-corrected chi connectivity index (χ3v) is 2.51. The van der Waals surface area contributed by atoms with Crippen molar-refractivity contribution in [2.75, 3.05) is 20.2 Å². The van der Waals surface area contributed by atoms with Gasteiger partial charge in [-0.15, -0.1) is 0 Å². The monoisotopic (exact) mass is 241 g/mol. The minimum absolute atomic E-state index is 0.304. The Hall–Kier alpha value is -0.820. The first-order chi connectivity index (χ1) is 7.32. The van der Waals surface area contributed by atoms with E-state index >= 15 is 0 Å². The Morgan fingerprint density at radius 1 is 1.62 bits per heavy atom. The fraction of sp³-hybridized carbons (Fsp3) is 0.889. The highest BCUT2D eigenvalue weighted by Gasteiger charge is 2.49. The van der Waals surface area contributed by atoms with Crippen LogP contribution in [0.4, 0.5) is 13.2 Å². The van der Waals surface area contributed by atoms with Crippen molar-refractivity contribution in [1.82, 2.24) is 4.90 Å². The topological polar surface area (TPSA) is 49.8 Å². The maximum Gasteiger partial charge on any atom is 0.406 e. The zero-order valence-electron chi connectivity index (χ0n) is 8.83. The second-order valence-corrected chi connectivity index (χ2v) is 3.85. The fourth-order valence-corrected chi connectivity index (χ4v) is 1.91. The average Bonchev–Trinajstić information content (AvgIpc) is 2.52. The van der Waals surface area contributed by atoms with E-state index in [1.165, 1.54) is 0 Å². The summed E-state index contributed by atoms with van der Waals surface area (Å²) in [5.74, 6) is -1.28.